The minimum Gasteiger partial charge on any atom is -0.342 e. The average molecular weight is 341 g/mol. The summed E-state index contributed by atoms with van der Waals surface area (Å²) in [6.45, 7) is 0. The number of H-pyrrole nitrogens is 1. The van der Waals surface area contributed by atoms with Crippen LogP contribution in [0.25, 0.3) is 10.7 Å². The van der Waals surface area contributed by atoms with E-state index in [0.29, 0.717) is 0 Å². The number of halogens is 1. The predicted octanol–water partition coefficient (Wildman–Crippen LogP) is 4.90. The van der Waals surface area contributed by atoms with Crippen molar-refractivity contribution in [3.05, 3.63) is 31.8 Å². The number of thiophene rings is 1. The third-order valence-corrected chi connectivity index (χ3v) is 5.29. The average Bonchev–Trinajstić information content (AvgIpc) is 2.63. The SMILES string of the molecule is S=c1nc(-c2cc(Br)cs2)[nH]c2c1CCCCC2. The van der Waals surface area contributed by atoms with Gasteiger partial charge in [0, 0.05) is 21.1 Å². The number of hydrogen-bond acceptors (Lipinski definition) is 3. The van der Waals surface area contributed by atoms with Crippen molar-refractivity contribution in [2.75, 3.05) is 0 Å². The first-order valence-electron chi connectivity index (χ1n) is 6.10. The number of fused-ring (bicyclic) bond motifs is 1. The van der Waals surface area contributed by atoms with Crippen molar-refractivity contribution in [1.29, 1.82) is 0 Å². The number of nitrogens with zero attached hydrogens (tertiary/aromatic N) is 1. The Labute approximate surface area is 124 Å². The third kappa shape index (κ3) is 2.44. The topological polar surface area (TPSA) is 28.7 Å². The Morgan fingerprint density at radius 1 is 1.28 bits per heavy atom. The second-order valence-electron chi connectivity index (χ2n) is 4.54. The number of hydrogen-bond donors (Lipinski definition) is 1. The summed E-state index contributed by atoms with van der Waals surface area (Å²) < 4.78 is 1.88. The fourth-order valence-corrected chi connectivity index (χ4v) is 4.04. The van der Waals surface area contributed by atoms with Crippen LogP contribution in [-0.4, -0.2) is 9.97 Å². The predicted molar refractivity (Wildman–Crippen MR) is 81.7 cm³/mol. The first-order chi connectivity index (χ1) is 8.74. The normalized spacial score (nSPS) is 15.2. The van der Waals surface area contributed by atoms with Crippen LogP contribution in [0.2, 0.25) is 0 Å². The Bertz CT molecular complexity index is 630. The van der Waals surface area contributed by atoms with Crippen LogP contribution in [0, 0.1) is 4.64 Å². The molecule has 2 aromatic heterocycles. The minimum atomic E-state index is 0.783. The van der Waals surface area contributed by atoms with Crippen LogP contribution in [-0.2, 0) is 12.8 Å². The van der Waals surface area contributed by atoms with Crippen LogP contribution >= 0.6 is 39.5 Å². The number of aromatic amines is 1. The molecular weight excluding hydrogens is 328 g/mol. The molecule has 0 saturated heterocycles. The minimum absolute atomic E-state index is 0.783. The summed E-state index contributed by atoms with van der Waals surface area (Å²) in [6.07, 6.45) is 5.94. The molecule has 0 saturated carbocycles. The molecule has 94 valence electrons. The van der Waals surface area contributed by atoms with Crippen molar-refractivity contribution >= 4 is 39.5 Å². The Morgan fingerprint density at radius 2 is 2.11 bits per heavy atom. The van der Waals surface area contributed by atoms with Crippen LogP contribution < -0.4 is 0 Å². The molecule has 0 radical (unpaired) electrons. The van der Waals surface area contributed by atoms with Crippen molar-refractivity contribution < 1.29 is 0 Å². The van der Waals surface area contributed by atoms with E-state index in [1.54, 1.807) is 11.3 Å². The summed E-state index contributed by atoms with van der Waals surface area (Å²) >= 11 is 10.6. The highest BCUT2D eigenvalue weighted by molar-refractivity contribution is 9.10. The van der Waals surface area contributed by atoms with E-state index in [0.717, 1.165) is 32.7 Å². The molecule has 2 aromatic rings. The van der Waals surface area contributed by atoms with Gasteiger partial charge in [-0.05, 0) is 47.7 Å². The van der Waals surface area contributed by atoms with Crippen molar-refractivity contribution in [1.82, 2.24) is 9.97 Å². The van der Waals surface area contributed by atoms with Crippen LogP contribution in [0.15, 0.2) is 15.9 Å². The summed E-state index contributed by atoms with van der Waals surface area (Å²) in [5.41, 5.74) is 2.56. The molecule has 18 heavy (non-hydrogen) atoms. The monoisotopic (exact) mass is 340 g/mol. The molecule has 0 bridgehead atoms. The molecular formula is C13H13BrN2S2. The fraction of sp³-hybridized carbons (Fsp3) is 0.385. The van der Waals surface area contributed by atoms with E-state index in [9.17, 15) is 0 Å². The molecule has 1 N–H and O–H groups in total. The Balaban J connectivity index is 2.10. The van der Waals surface area contributed by atoms with Gasteiger partial charge in [0.05, 0.1) is 4.88 Å². The first-order valence-corrected chi connectivity index (χ1v) is 8.18. The van der Waals surface area contributed by atoms with E-state index in [1.165, 1.54) is 30.5 Å². The van der Waals surface area contributed by atoms with Crippen molar-refractivity contribution in [2.45, 2.75) is 32.1 Å². The maximum Gasteiger partial charge on any atom is 0.149 e. The highest BCUT2D eigenvalue weighted by Gasteiger charge is 2.13. The summed E-state index contributed by atoms with van der Waals surface area (Å²) in [5.74, 6) is 0.913. The van der Waals surface area contributed by atoms with Gasteiger partial charge in [-0.15, -0.1) is 11.3 Å². The Hall–Kier alpha value is -0.520. The molecule has 1 aliphatic rings. The molecule has 5 heteroatoms. The van der Waals surface area contributed by atoms with E-state index >= 15 is 0 Å². The maximum atomic E-state index is 5.46. The molecule has 0 atom stereocenters. The number of aromatic nitrogens is 2. The van der Waals surface area contributed by atoms with E-state index in [-0.39, 0.29) is 0 Å². The molecule has 0 amide bonds. The zero-order valence-electron chi connectivity index (χ0n) is 9.83. The molecule has 2 heterocycles. The Kier molecular flexibility index (Phi) is 3.63. The largest absolute Gasteiger partial charge is 0.342 e. The zero-order chi connectivity index (χ0) is 12.5. The summed E-state index contributed by atoms with van der Waals surface area (Å²) in [6, 6.07) is 2.08. The van der Waals surface area contributed by atoms with Gasteiger partial charge in [-0.25, -0.2) is 4.98 Å². The molecule has 1 aliphatic carbocycles. The van der Waals surface area contributed by atoms with Gasteiger partial charge in [0.15, 0.2) is 0 Å². The molecule has 0 unspecified atom stereocenters. The van der Waals surface area contributed by atoms with Gasteiger partial charge in [0.25, 0.3) is 0 Å². The van der Waals surface area contributed by atoms with Gasteiger partial charge in [-0.2, -0.15) is 0 Å². The number of aryl methyl sites for hydroxylation is 1. The second kappa shape index (κ2) is 5.23. The lowest BCUT2D eigenvalue weighted by molar-refractivity contribution is 0.708. The van der Waals surface area contributed by atoms with Crippen LogP contribution in [0.4, 0.5) is 0 Å². The standard InChI is InChI=1S/C13H13BrN2S2/c14-8-6-11(18-7-8)12-15-10-5-3-1-2-4-9(10)13(17)16-12/h6-7H,1-5H2,(H,15,16,17). The highest BCUT2D eigenvalue weighted by Crippen LogP contribution is 2.29. The lowest BCUT2D eigenvalue weighted by Crippen LogP contribution is -2.01. The molecule has 0 aromatic carbocycles. The quantitative estimate of drug-likeness (QED) is 0.590. The molecule has 0 fully saturated rings. The van der Waals surface area contributed by atoms with Crippen molar-refractivity contribution in [3.8, 4) is 10.7 Å². The van der Waals surface area contributed by atoms with Gasteiger partial charge in [-0.1, -0.05) is 18.6 Å². The van der Waals surface area contributed by atoms with E-state index in [2.05, 4.69) is 37.3 Å². The smallest absolute Gasteiger partial charge is 0.149 e. The lowest BCUT2D eigenvalue weighted by Gasteiger charge is -2.08. The van der Waals surface area contributed by atoms with Crippen LogP contribution in [0.5, 0.6) is 0 Å². The van der Waals surface area contributed by atoms with E-state index in [1.807, 2.05) is 0 Å². The third-order valence-electron chi connectivity index (χ3n) is 3.26. The van der Waals surface area contributed by atoms with Gasteiger partial charge in [0.1, 0.15) is 10.5 Å². The van der Waals surface area contributed by atoms with Gasteiger partial charge in [0.2, 0.25) is 0 Å². The van der Waals surface area contributed by atoms with Gasteiger partial charge >= 0.3 is 0 Å². The van der Waals surface area contributed by atoms with E-state index in [4.69, 9.17) is 12.2 Å². The van der Waals surface area contributed by atoms with Crippen molar-refractivity contribution in [2.24, 2.45) is 0 Å². The highest BCUT2D eigenvalue weighted by atomic mass is 79.9. The van der Waals surface area contributed by atoms with Gasteiger partial charge in [-0.3, -0.25) is 0 Å². The van der Waals surface area contributed by atoms with Gasteiger partial charge < -0.3 is 4.98 Å². The maximum absolute atomic E-state index is 5.46. The number of rotatable bonds is 1. The lowest BCUT2D eigenvalue weighted by atomic mass is 10.1. The Morgan fingerprint density at radius 3 is 2.89 bits per heavy atom. The van der Waals surface area contributed by atoms with Crippen molar-refractivity contribution in [3.63, 3.8) is 0 Å². The summed E-state index contributed by atoms with van der Waals surface area (Å²) in [5, 5.41) is 2.07. The molecule has 0 aliphatic heterocycles. The first kappa shape index (κ1) is 12.5. The summed E-state index contributed by atoms with van der Waals surface area (Å²) in [4.78, 5) is 9.19. The molecule has 2 nitrogen and oxygen atoms in total. The van der Waals surface area contributed by atoms with Crippen LogP contribution in [0.3, 0.4) is 0 Å². The second-order valence-corrected chi connectivity index (χ2v) is 6.75. The molecule has 0 spiro atoms. The molecule has 3 rings (SSSR count). The zero-order valence-corrected chi connectivity index (χ0v) is 13.1. The van der Waals surface area contributed by atoms with E-state index < -0.39 is 0 Å². The number of nitrogens with one attached hydrogen (secondary N) is 1. The van der Waals surface area contributed by atoms with Crippen LogP contribution in [0.1, 0.15) is 30.5 Å². The summed E-state index contributed by atoms with van der Waals surface area (Å²) in [7, 11) is 0. The fourth-order valence-electron chi connectivity index (χ4n) is 2.35.